The van der Waals surface area contributed by atoms with Crippen LogP contribution >= 0.6 is 0 Å². The van der Waals surface area contributed by atoms with Gasteiger partial charge in [-0.25, -0.2) is 13.9 Å². The SMILES string of the molecule is CN1N=NC(c2cc(F)cc(C(C3CN(C(c4ccccc4)c4ccccc4)C3)C(C)(C)F)c2)N1. The van der Waals surface area contributed by atoms with Crippen LogP contribution in [0.4, 0.5) is 8.78 Å². The van der Waals surface area contributed by atoms with Gasteiger partial charge < -0.3 is 0 Å². The molecule has 1 saturated heterocycles. The summed E-state index contributed by atoms with van der Waals surface area (Å²) in [6.45, 7) is 4.64. The van der Waals surface area contributed by atoms with Gasteiger partial charge in [-0.3, -0.25) is 4.90 Å². The highest BCUT2D eigenvalue weighted by molar-refractivity contribution is 5.35. The maximum absolute atomic E-state index is 15.7. The molecule has 182 valence electrons. The molecule has 0 aromatic heterocycles. The van der Waals surface area contributed by atoms with E-state index in [1.165, 1.54) is 28.4 Å². The Bertz CT molecular complexity index is 1130. The standard InChI is InChI=1S/C28H31F2N5/c1-28(2,30)25(21-14-22(16-24(29)15-21)27-31-33-34(3)32-27)23-17-35(18-23)26(19-10-6-4-7-11-19)20-12-8-5-9-13-20/h4-16,23,25-27,32H,17-18H2,1-3H3. The first-order valence-electron chi connectivity index (χ1n) is 12.0. The minimum atomic E-state index is -1.52. The second kappa shape index (κ2) is 9.47. The van der Waals surface area contributed by atoms with E-state index >= 15 is 4.39 Å². The third-order valence-electron chi connectivity index (χ3n) is 6.97. The summed E-state index contributed by atoms with van der Waals surface area (Å²) in [6.07, 6.45) is -0.476. The lowest BCUT2D eigenvalue weighted by molar-refractivity contribution is 0.00809. The van der Waals surface area contributed by atoms with E-state index in [0.29, 0.717) is 11.1 Å². The van der Waals surface area contributed by atoms with Crippen molar-refractivity contribution in [2.24, 2.45) is 16.3 Å². The fourth-order valence-electron chi connectivity index (χ4n) is 5.56. The van der Waals surface area contributed by atoms with E-state index in [-0.39, 0.29) is 17.8 Å². The van der Waals surface area contributed by atoms with E-state index in [0.717, 1.165) is 13.1 Å². The fourth-order valence-corrected chi connectivity index (χ4v) is 5.56. The maximum atomic E-state index is 15.7. The minimum absolute atomic E-state index is 0.0559. The van der Waals surface area contributed by atoms with Crippen molar-refractivity contribution in [2.45, 2.75) is 37.6 Å². The average Bonchev–Trinajstić information content (AvgIpc) is 3.24. The third kappa shape index (κ3) is 4.97. The molecule has 2 unspecified atom stereocenters. The average molecular weight is 476 g/mol. The van der Waals surface area contributed by atoms with Gasteiger partial charge in [-0.1, -0.05) is 72.0 Å². The Balaban J connectivity index is 1.42. The second-order valence-corrected chi connectivity index (χ2v) is 10.1. The lowest BCUT2D eigenvalue weighted by atomic mass is 9.72. The summed E-state index contributed by atoms with van der Waals surface area (Å²) in [6, 6.07) is 25.7. The number of hydrogen-bond donors (Lipinski definition) is 1. The second-order valence-electron chi connectivity index (χ2n) is 10.1. The first-order valence-corrected chi connectivity index (χ1v) is 12.0. The van der Waals surface area contributed by atoms with E-state index in [2.05, 4.69) is 69.2 Å². The monoisotopic (exact) mass is 475 g/mol. The fraction of sp³-hybridized carbons (Fsp3) is 0.357. The molecule has 7 heteroatoms. The first-order chi connectivity index (χ1) is 16.8. The maximum Gasteiger partial charge on any atom is 0.166 e. The molecule has 2 atom stereocenters. The molecular formula is C28H31F2N5. The van der Waals surface area contributed by atoms with Crippen LogP contribution in [-0.4, -0.2) is 35.8 Å². The highest BCUT2D eigenvalue weighted by atomic mass is 19.1. The number of alkyl halides is 1. The van der Waals surface area contributed by atoms with Crippen molar-refractivity contribution >= 4 is 0 Å². The van der Waals surface area contributed by atoms with E-state index in [1.807, 2.05) is 18.2 Å². The molecule has 1 N–H and O–H groups in total. The van der Waals surface area contributed by atoms with Gasteiger partial charge >= 0.3 is 0 Å². The van der Waals surface area contributed by atoms with Gasteiger partial charge in [-0.2, -0.15) is 5.43 Å². The normalized spacial score (nSPS) is 19.8. The Hall–Kier alpha value is -3.16. The Labute approximate surface area is 205 Å². The van der Waals surface area contributed by atoms with Gasteiger partial charge in [-0.05, 0) is 54.2 Å². The van der Waals surface area contributed by atoms with Crippen LogP contribution < -0.4 is 5.43 Å². The third-order valence-corrected chi connectivity index (χ3v) is 6.97. The molecule has 5 nitrogen and oxygen atoms in total. The zero-order chi connectivity index (χ0) is 24.6. The molecule has 2 aliphatic heterocycles. The number of nitrogens with zero attached hydrogens (tertiary/aromatic N) is 4. The summed E-state index contributed by atoms with van der Waals surface area (Å²) < 4.78 is 30.4. The summed E-state index contributed by atoms with van der Waals surface area (Å²) in [5.74, 6) is -0.780. The summed E-state index contributed by atoms with van der Waals surface area (Å²) in [5, 5.41) is 9.57. The zero-order valence-corrected chi connectivity index (χ0v) is 20.3. The van der Waals surface area contributed by atoms with Gasteiger partial charge in [0, 0.05) is 26.1 Å². The molecule has 0 bridgehead atoms. The minimum Gasteiger partial charge on any atom is -0.292 e. The van der Waals surface area contributed by atoms with Gasteiger partial charge in [0.15, 0.2) is 6.17 Å². The van der Waals surface area contributed by atoms with Crippen molar-refractivity contribution in [3.05, 3.63) is 107 Å². The molecule has 3 aromatic carbocycles. The topological polar surface area (TPSA) is 43.2 Å². The van der Waals surface area contributed by atoms with Crippen molar-refractivity contribution in [1.82, 2.24) is 15.4 Å². The summed E-state index contributed by atoms with van der Waals surface area (Å²) in [4.78, 5) is 2.38. The van der Waals surface area contributed by atoms with E-state index < -0.39 is 17.8 Å². The number of halogens is 2. The van der Waals surface area contributed by atoms with Crippen LogP contribution in [-0.2, 0) is 0 Å². The van der Waals surface area contributed by atoms with Gasteiger partial charge in [0.2, 0.25) is 0 Å². The Kier molecular flexibility index (Phi) is 6.38. The summed E-state index contributed by atoms with van der Waals surface area (Å²) in [7, 11) is 1.73. The summed E-state index contributed by atoms with van der Waals surface area (Å²) >= 11 is 0. The highest BCUT2D eigenvalue weighted by Crippen LogP contribution is 2.46. The van der Waals surface area contributed by atoms with Crippen LogP contribution in [0, 0.1) is 11.7 Å². The van der Waals surface area contributed by atoms with Crippen molar-refractivity contribution < 1.29 is 8.78 Å². The number of rotatable bonds is 7. The largest absolute Gasteiger partial charge is 0.292 e. The Morgan fingerprint density at radius 1 is 0.914 bits per heavy atom. The number of benzene rings is 3. The number of hydrazine groups is 1. The molecular weight excluding hydrogens is 444 g/mol. The van der Waals surface area contributed by atoms with Crippen molar-refractivity contribution in [2.75, 3.05) is 20.1 Å². The number of hydrogen-bond acceptors (Lipinski definition) is 5. The van der Waals surface area contributed by atoms with Crippen LogP contribution in [0.15, 0.2) is 89.2 Å². The Morgan fingerprint density at radius 2 is 1.51 bits per heavy atom. The molecule has 0 spiro atoms. The van der Waals surface area contributed by atoms with Crippen molar-refractivity contribution in [3.8, 4) is 0 Å². The summed E-state index contributed by atoms with van der Waals surface area (Å²) in [5.41, 5.74) is 5.27. The first kappa shape index (κ1) is 23.6. The molecule has 2 aliphatic rings. The lowest BCUT2D eigenvalue weighted by Gasteiger charge is -2.50. The molecule has 0 amide bonds. The van der Waals surface area contributed by atoms with E-state index in [4.69, 9.17) is 0 Å². The Morgan fingerprint density at radius 3 is 2.03 bits per heavy atom. The molecule has 1 fully saturated rings. The smallest absolute Gasteiger partial charge is 0.166 e. The number of nitrogens with one attached hydrogen (secondary N) is 1. The van der Waals surface area contributed by atoms with Crippen LogP contribution in [0.5, 0.6) is 0 Å². The predicted molar refractivity (Wildman–Crippen MR) is 133 cm³/mol. The highest BCUT2D eigenvalue weighted by Gasteiger charge is 2.45. The van der Waals surface area contributed by atoms with Crippen LogP contribution in [0.3, 0.4) is 0 Å². The molecule has 0 saturated carbocycles. The quantitative estimate of drug-likeness (QED) is 0.443. The van der Waals surface area contributed by atoms with Crippen molar-refractivity contribution in [3.63, 3.8) is 0 Å². The predicted octanol–water partition coefficient (Wildman–Crippen LogP) is 6.19. The lowest BCUT2D eigenvalue weighted by Crippen LogP contribution is -2.53. The van der Waals surface area contributed by atoms with Gasteiger partial charge in [0.05, 0.1) is 6.04 Å². The van der Waals surface area contributed by atoms with Crippen LogP contribution in [0.1, 0.15) is 54.2 Å². The van der Waals surface area contributed by atoms with Crippen LogP contribution in [0.25, 0.3) is 0 Å². The molecule has 5 rings (SSSR count). The van der Waals surface area contributed by atoms with Gasteiger partial charge in [0.1, 0.15) is 11.5 Å². The molecule has 35 heavy (non-hydrogen) atoms. The van der Waals surface area contributed by atoms with Gasteiger partial charge in [0.25, 0.3) is 0 Å². The molecule has 2 heterocycles. The van der Waals surface area contributed by atoms with Crippen molar-refractivity contribution in [1.29, 1.82) is 0 Å². The zero-order valence-electron chi connectivity index (χ0n) is 20.3. The van der Waals surface area contributed by atoms with Gasteiger partial charge in [-0.15, -0.1) is 5.11 Å². The molecule has 0 aliphatic carbocycles. The van der Waals surface area contributed by atoms with E-state index in [1.54, 1.807) is 20.9 Å². The number of likely N-dealkylation sites (tertiary alicyclic amines) is 1. The molecule has 3 aromatic rings. The van der Waals surface area contributed by atoms with E-state index in [9.17, 15) is 4.39 Å². The van der Waals surface area contributed by atoms with Crippen LogP contribution in [0.2, 0.25) is 0 Å². The molecule has 0 radical (unpaired) electrons.